The molecule has 18 heavy (non-hydrogen) atoms. The first-order chi connectivity index (χ1) is 8.79. The average molecular weight is 243 g/mol. The summed E-state index contributed by atoms with van der Waals surface area (Å²) in [6.07, 6.45) is 2.50. The smallest absolute Gasteiger partial charge is 0.240 e. The summed E-state index contributed by atoms with van der Waals surface area (Å²) < 4.78 is 5.17. The fourth-order valence-corrected chi connectivity index (χ4v) is 1.69. The second-order valence-electron chi connectivity index (χ2n) is 4.13. The van der Waals surface area contributed by atoms with Gasteiger partial charge in [0.25, 0.3) is 0 Å². The van der Waals surface area contributed by atoms with Gasteiger partial charge in [0.1, 0.15) is 0 Å². The highest BCUT2D eigenvalue weighted by Crippen LogP contribution is 2.11. The van der Waals surface area contributed by atoms with Gasteiger partial charge in [-0.25, -0.2) is 0 Å². The zero-order valence-corrected chi connectivity index (χ0v) is 10.5. The molecule has 4 heteroatoms. The molecule has 0 unspecified atom stereocenters. The van der Waals surface area contributed by atoms with Crippen molar-refractivity contribution in [3.8, 4) is 0 Å². The average Bonchev–Trinajstić information content (AvgIpc) is 2.80. The van der Waals surface area contributed by atoms with Crippen LogP contribution in [-0.2, 0) is 13.0 Å². The Hall–Kier alpha value is -1.94. The predicted octanol–water partition coefficient (Wildman–Crippen LogP) is 2.24. The Balaban J connectivity index is 1.98. The minimum Gasteiger partial charge on any atom is -0.338 e. The highest BCUT2D eigenvalue weighted by Gasteiger charge is 2.07. The monoisotopic (exact) mass is 243 g/mol. The maximum Gasteiger partial charge on any atom is 0.240 e. The normalized spacial score (nSPS) is 10.5. The lowest BCUT2D eigenvalue weighted by molar-refractivity contribution is 0.366. The minimum absolute atomic E-state index is 0.576. The van der Waals surface area contributed by atoms with Crippen LogP contribution in [0, 0.1) is 6.92 Å². The third kappa shape index (κ3) is 3.28. The summed E-state index contributed by atoms with van der Waals surface area (Å²) in [6, 6.07) is 8.22. The Labute approximate surface area is 107 Å². The number of nitrogens with zero attached hydrogens (tertiary/aromatic N) is 2. The Morgan fingerprint density at radius 3 is 3.00 bits per heavy atom. The van der Waals surface area contributed by atoms with Gasteiger partial charge in [-0.3, -0.25) is 0 Å². The third-order valence-corrected chi connectivity index (χ3v) is 2.68. The molecule has 1 aromatic carbocycles. The molecule has 4 nitrogen and oxygen atoms in total. The van der Waals surface area contributed by atoms with Crippen molar-refractivity contribution in [1.29, 1.82) is 0 Å². The Bertz CT molecular complexity index is 519. The molecular weight excluding hydrogens is 226 g/mol. The molecule has 0 fully saturated rings. The van der Waals surface area contributed by atoms with Crippen LogP contribution in [0.25, 0.3) is 0 Å². The fraction of sp³-hybridized carbons (Fsp3) is 0.286. The Morgan fingerprint density at radius 1 is 1.39 bits per heavy atom. The number of hydrogen-bond donors (Lipinski definition) is 1. The maximum atomic E-state index is 5.17. The van der Waals surface area contributed by atoms with E-state index in [1.54, 1.807) is 6.08 Å². The van der Waals surface area contributed by atoms with Gasteiger partial charge in [0.05, 0.1) is 6.54 Å². The van der Waals surface area contributed by atoms with Gasteiger partial charge in [-0.15, -0.1) is 6.58 Å². The summed E-state index contributed by atoms with van der Waals surface area (Å²) in [4.78, 5) is 4.34. The van der Waals surface area contributed by atoms with Gasteiger partial charge in [0, 0.05) is 13.0 Å². The van der Waals surface area contributed by atoms with Crippen LogP contribution in [0.2, 0.25) is 0 Å². The van der Waals surface area contributed by atoms with Crippen LogP contribution in [-0.4, -0.2) is 16.7 Å². The van der Waals surface area contributed by atoms with E-state index < -0.39 is 0 Å². The van der Waals surface area contributed by atoms with E-state index in [2.05, 4.69) is 41.1 Å². The molecule has 0 aliphatic rings. The summed E-state index contributed by atoms with van der Waals surface area (Å²) in [6.45, 7) is 7.03. The third-order valence-electron chi connectivity index (χ3n) is 2.68. The molecule has 1 N–H and O–H groups in total. The molecule has 1 aromatic heterocycles. The van der Waals surface area contributed by atoms with Crippen LogP contribution in [0.3, 0.4) is 0 Å². The van der Waals surface area contributed by atoms with Gasteiger partial charge >= 0.3 is 0 Å². The van der Waals surface area contributed by atoms with Crippen LogP contribution in [0.4, 0.5) is 0 Å². The van der Waals surface area contributed by atoms with Crippen molar-refractivity contribution in [1.82, 2.24) is 15.5 Å². The van der Waals surface area contributed by atoms with Crippen LogP contribution in [0.15, 0.2) is 41.4 Å². The number of rotatable bonds is 6. The summed E-state index contributed by atoms with van der Waals surface area (Å²) in [5.74, 6) is 1.33. The first-order valence-corrected chi connectivity index (χ1v) is 5.97. The van der Waals surface area contributed by atoms with Crippen LogP contribution < -0.4 is 5.32 Å². The Morgan fingerprint density at radius 2 is 2.22 bits per heavy atom. The van der Waals surface area contributed by atoms with Crippen molar-refractivity contribution in [3.05, 3.63) is 59.8 Å². The van der Waals surface area contributed by atoms with Crippen molar-refractivity contribution in [3.63, 3.8) is 0 Å². The highest BCUT2D eigenvalue weighted by molar-refractivity contribution is 5.27. The molecule has 0 saturated heterocycles. The van der Waals surface area contributed by atoms with E-state index in [4.69, 9.17) is 4.52 Å². The number of aromatic nitrogens is 2. The molecule has 0 aliphatic heterocycles. The number of benzene rings is 1. The highest BCUT2D eigenvalue weighted by atomic mass is 16.5. The van der Waals surface area contributed by atoms with E-state index in [0.717, 1.165) is 12.4 Å². The lowest BCUT2D eigenvalue weighted by Crippen LogP contribution is -2.12. The predicted molar refractivity (Wildman–Crippen MR) is 70.2 cm³/mol. The van der Waals surface area contributed by atoms with Crippen molar-refractivity contribution >= 4 is 0 Å². The van der Waals surface area contributed by atoms with E-state index in [9.17, 15) is 0 Å². The molecule has 1 heterocycles. The summed E-state index contributed by atoms with van der Waals surface area (Å²) >= 11 is 0. The quantitative estimate of drug-likeness (QED) is 0.624. The lowest BCUT2D eigenvalue weighted by Gasteiger charge is -2.00. The van der Waals surface area contributed by atoms with Crippen molar-refractivity contribution in [2.75, 3.05) is 6.54 Å². The molecule has 0 aliphatic carbocycles. The topological polar surface area (TPSA) is 51.0 Å². The van der Waals surface area contributed by atoms with E-state index in [-0.39, 0.29) is 0 Å². The summed E-state index contributed by atoms with van der Waals surface area (Å²) in [5.41, 5.74) is 2.47. The fourth-order valence-electron chi connectivity index (χ4n) is 1.69. The van der Waals surface area contributed by atoms with Gasteiger partial charge in [-0.1, -0.05) is 35.5 Å². The molecule has 2 rings (SSSR count). The molecule has 0 amide bonds. The SMILES string of the molecule is C=CCNCc1nc(Cc2ccccc2C)no1. The van der Waals surface area contributed by atoms with Gasteiger partial charge in [-0.2, -0.15) is 4.98 Å². The van der Waals surface area contributed by atoms with Crippen LogP contribution in [0.5, 0.6) is 0 Å². The number of nitrogens with one attached hydrogen (secondary N) is 1. The molecule has 0 saturated carbocycles. The van der Waals surface area contributed by atoms with Gasteiger partial charge < -0.3 is 9.84 Å². The van der Waals surface area contributed by atoms with Crippen molar-refractivity contribution in [2.45, 2.75) is 19.9 Å². The number of hydrogen-bond acceptors (Lipinski definition) is 4. The van der Waals surface area contributed by atoms with Gasteiger partial charge in [0.2, 0.25) is 5.89 Å². The van der Waals surface area contributed by atoms with Crippen LogP contribution in [0.1, 0.15) is 22.8 Å². The van der Waals surface area contributed by atoms with Crippen molar-refractivity contribution in [2.24, 2.45) is 0 Å². The lowest BCUT2D eigenvalue weighted by atomic mass is 10.1. The molecular formula is C14H17N3O. The first-order valence-electron chi connectivity index (χ1n) is 5.97. The molecule has 0 atom stereocenters. The molecule has 0 radical (unpaired) electrons. The van der Waals surface area contributed by atoms with Gasteiger partial charge in [-0.05, 0) is 18.1 Å². The molecule has 94 valence electrons. The molecule has 2 aromatic rings. The van der Waals surface area contributed by atoms with E-state index >= 15 is 0 Å². The zero-order chi connectivity index (χ0) is 12.8. The van der Waals surface area contributed by atoms with Crippen LogP contribution >= 0.6 is 0 Å². The summed E-state index contributed by atoms with van der Waals surface area (Å²) in [7, 11) is 0. The number of aryl methyl sites for hydroxylation is 1. The summed E-state index contributed by atoms with van der Waals surface area (Å²) in [5, 5.41) is 7.10. The standard InChI is InChI=1S/C14H17N3O/c1-3-8-15-10-14-16-13(17-18-14)9-12-7-5-4-6-11(12)2/h3-7,15H,1,8-10H2,2H3. The first kappa shape index (κ1) is 12.5. The molecule has 0 bridgehead atoms. The Kier molecular flexibility index (Phi) is 4.25. The largest absolute Gasteiger partial charge is 0.338 e. The van der Waals surface area contributed by atoms with E-state index in [0.29, 0.717) is 18.9 Å². The second kappa shape index (κ2) is 6.12. The van der Waals surface area contributed by atoms with Gasteiger partial charge in [0.15, 0.2) is 5.82 Å². The van der Waals surface area contributed by atoms with E-state index in [1.165, 1.54) is 11.1 Å². The molecule has 0 spiro atoms. The van der Waals surface area contributed by atoms with E-state index in [1.807, 2.05) is 12.1 Å². The second-order valence-corrected chi connectivity index (χ2v) is 4.13. The maximum absolute atomic E-state index is 5.17. The van der Waals surface area contributed by atoms with Crippen molar-refractivity contribution < 1.29 is 4.52 Å². The minimum atomic E-state index is 0.576. The zero-order valence-electron chi connectivity index (χ0n) is 10.5.